The van der Waals surface area contributed by atoms with Crippen molar-refractivity contribution in [1.82, 2.24) is 0 Å². The van der Waals surface area contributed by atoms with E-state index in [4.69, 9.17) is 4.74 Å². The molecule has 0 aliphatic carbocycles. The SMILES string of the molecule is COC(=O)C(=O)C(C)C(=O)C(C)OC. The molecule has 0 saturated heterocycles. The van der Waals surface area contributed by atoms with Gasteiger partial charge >= 0.3 is 5.97 Å². The number of methoxy groups -OCH3 is 2. The van der Waals surface area contributed by atoms with Crippen LogP contribution in [0.3, 0.4) is 0 Å². The van der Waals surface area contributed by atoms with E-state index in [-0.39, 0.29) is 0 Å². The van der Waals surface area contributed by atoms with Crippen molar-refractivity contribution in [2.45, 2.75) is 20.0 Å². The average Bonchev–Trinajstić information content (AvgIpc) is 2.23. The first-order valence-corrected chi connectivity index (χ1v) is 4.14. The zero-order chi connectivity index (χ0) is 11.3. The molecule has 0 aromatic carbocycles. The lowest BCUT2D eigenvalue weighted by molar-refractivity contribution is -0.155. The molecule has 0 aliphatic rings. The van der Waals surface area contributed by atoms with Gasteiger partial charge in [0.25, 0.3) is 0 Å². The molecule has 0 aromatic heterocycles. The zero-order valence-corrected chi connectivity index (χ0v) is 8.70. The van der Waals surface area contributed by atoms with Crippen LogP contribution in [-0.4, -0.2) is 37.9 Å². The van der Waals surface area contributed by atoms with Crippen LogP contribution in [0, 0.1) is 5.92 Å². The van der Waals surface area contributed by atoms with Gasteiger partial charge in [-0.25, -0.2) is 4.79 Å². The average molecular weight is 202 g/mol. The second-order valence-corrected chi connectivity index (χ2v) is 2.86. The Hall–Kier alpha value is -1.23. The molecule has 2 atom stereocenters. The van der Waals surface area contributed by atoms with Gasteiger partial charge in [-0.3, -0.25) is 9.59 Å². The Bertz CT molecular complexity index is 246. The molecular formula is C9H14O5. The number of Topliss-reactive ketones (excluding diaryl/α,β-unsaturated/α-hetero) is 2. The number of ether oxygens (including phenoxy) is 2. The summed E-state index contributed by atoms with van der Waals surface area (Å²) < 4.78 is 8.96. The number of carbonyl (C=O) groups is 3. The molecule has 14 heavy (non-hydrogen) atoms. The zero-order valence-electron chi connectivity index (χ0n) is 8.70. The summed E-state index contributed by atoms with van der Waals surface area (Å²) in [5.74, 6) is -3.30. The molecule has 0 spiro atoms. The van der Waals surface area contributed by atoms with E-state index in [1.165, 1.54) is 21.0 Å². The molecule has 80 valence electrons. The van der Waals surface area contributed by atoms with Crippen LogP contribution >= 0.6 is 0 Å². The maximum Gasteiger partial charge on any atom is 0.375 e. The molecule has 5 nitrogen and oxygen atoms in total. The van der Waals surface area contributed by atoms with Gasteiger partial charge in [-0.1, -0.05) is 0 Å². The standard InChI is InChI=1S/C9H14O5/c1-5(7(10)6(2)13-3)8(11)9(12)14-4/h5-6H,1-4H3. The van der Waals surface area contributed by atoms with Crippen molar-refractivity contribution < 1.29 is 23.9 Å². The fourth-order valence-corrected chi connectivity index (χ4v) is 0.875. The van der Waals surface area contributed by atoms with Crippen molar-refractivity contribution in [1.29, 1.82) is 0 Å². The molecule has 2 unspecified atom stereocenters. The predicted molar refractivity (Wildman–Crippen MR) is 47.7 cm³/mol. The van der Waals surface area contributed by atoms with E-state index in [0.29, 0.717) is 0 Å². The van der Waals surface area contributed by atoms with Gasteiger partial charge < -0.3 is 9.47 Å². The van der Waals surface area contributed by atoms with Crippen LogP contribution in [0.4, 0.5) is 0 Å². The van der Waals surface area contributed by atoms with Crippen molar-refractivity contribution in [2.24, 2.45) is 5.92 Å². The first kappa shape index (κ1) is 12.8. The second-order valence-electron chi connectivity index (χ2n) is 2.86. The van der Waals surface area contributed by atoms with Crippen LogP contribution in [-0.2, 0) is 23.9 Å². The van der Waals surface area contributed by atoms with Gasteiger partial charge in [-0.2, -0.15) is 0 Å². The largest absolute Gasteiger partial charge is 0.463 e. The third kappa shape index (κ3) is 2.92. The Morgan fingerprint density at radius 3 is 1.93 bits per heavy atom. The van der Waals surface area contributed by atoms with Gasteiger partial charge in [0, 0.05) is 7.11 Å². The third-order valence-corrected chi connectivity index (χ3v) is 1.96. The minimum absolute atomic E-state index is 0.428. The Labute approximate surface area is 82.4 Å². The number of rotatable bonds is 5. The van der Waals surface area contributed by atoms with Gasteiger partial charge in [0.15, 0.2) is 5.78 Å². The smallest absolute Gasteiger partial charge is 0.375 e. The summed E-state index contributed by atoms with van der Waals surface area (Å²) in [6.07, 6.45) is -0.696. The van der Waals surface area contributed by atoms with Crippen molar-refractivity contribution in [2.75, 3.05) is 14.2 Å². The summed E-state index contributed by atoms with van der Waals surface area (Å²) in [7, 11) is 2.45. The summed E-state index contributed by atoms with van der Waals surface area (Å²) in [6, 6.07) is 0. The van der Waals surface area contributed by atoms with E-state index in [2.05, 4.69) is 4.74 Å². The fourth-order valence-electron chi connectivity index (χ4n) is 0.875. The molecule has 0 N–H and O–H groups in total. The van der Waals surface area contributed by atoms with Gasteiger partial charge in [0.2, 0.25) is 5.78 Å². The van der Waals surface area contributed by atoms with Crippen LogP contribution < -0.4 is 0 Å². The molecule has 0 heterocycles. The fraction of sp³-hybridized carbons (Fsp3) is 0.667. The molecule has 0 radical (unpaired) electrons. The van der Waals surface area contributed by atoms with E-state index in [1.54, 1.807) is 0 Å². The van der Waals surface area contributed by atoms with E-state index in [1.807, 2.05) is 0 Å². The highest BCUT2D eigenvalue weighted by atomic mass is 16.5. The minimum atomic E-state index is -1.02. The normalized spacial score (nSPS) is 14.3. The monoisotopic (exact) mass is 202 g/mol. The third-order valence-electron chi connectivity index (χ3n) is 1.96. The first-order chi connectivity index (χ1) is 6.45. The molecule has 5 heteroatoms. The van der Waals surface area contributed by atoms with Crippen molar-refractivity contribution >= 4 is 17.5 Å². The van der Waals surface area contributed by atoms with Gasteiger partial charge in [0.1, 0.15) is 6.10 Å². The molecule has 0 bridgehead atoms. The van der Waals surface area contributed by atoms with E-state index in [9.17, 15) is 14.4 Å². The lowest BCUT2D eigenvalue weighted by Crippen LogP contribution is -2.34. The molecule has 0 fully saturated rings. The van der Waals surface area contributed by atoms with Crippen molar-refractivity contribution in [3.05, 3.63) is 0 Å². The summed E-state index contributed by atoms with van der Waals surface area (Å²) in [5, 5.41) is 0. The molecule has 0 rings (SSSR count). The van der Waals surface area contributed by atoms with E-state index >= 15 is 0 Å². The van der Waals surface area contributed by atoms with Crippen LogP contribution in [0.2, 0.25) is 0 Å². The summed E-state index contributed by atoms with van der Waals surface area (Å²) in [6.45, 7) is 2.88. The first-order valence-electron chi connectivity index (χ1n) is 4.14. The van der Waals surface area contributed by atoms with Gasteiger partial charge in [-0.15, -0.1) is 0 Å². The predicted octanol–water partition coefficient (Wildman–Crippen LogP) is -0.0314. The van der Waals surface area contributed by atoms with Crippen LogP contribution in [0.5, 0.6) is 0 Å². The summed E-state index contributed by atoms with van der Waals surface area (Å²) in [5.41, 5.74) is 0. The maximum absolute atomic E-state index is 11.4. The lowest BCUT2D eigenvalue weighted by Gasteiger charge is -2.12. The Kier molecular flexibility index (Phi) is 5.01. The number of hydrogen-bond donors (Lipinski definition) is 0. The van der Waals surface area contributed by atoms with Crippen LogP contribution in [0.15, 0.2) is 0 Å². The Morgan fingerprint density at radius 2 is 1.57 bits per heavy atom. The van der Waals surface area contributed by atoms with Gasteiger partial charge in [0.05, 0.1) is 13.0 Å². The molecule has 0 amide bonds. The number of hydrogen-bond acceptors (Lipinski definition) is 5. The highest BCUT2D eigenvalue weighted by molar-refractivity contribution is 6.38. The molecule has 0 aliphatic heterocycles. The van der Waals surface area contributed by atoms with Crippen molar-refractivity contribution in [3.8, 4) is 0 Å². The van der Waals surface area contributed by atoms with E-state index in [0.717, 1.165) is 7.11 Å². The molecule has 0 saturated carbocycles. The minimum Gasteiger partial charge on any atom is -0.463 e. The van der Waals surface area contributed by atoms with Gasteiger partial charge in [-0.05, 0) is 13.8 Å². The summed E-state index contributed by atoms with van der Waals surface area (Å²) in [4.78, 5) is 33.4. The number of esters is 1. The van der Waals surface area contributed by atoms with Crippen LogP contribution in [0.1, 0.15) is 13.8 Å². The van der Waals surface area contributed by atoms with Crippen molar-refractivity contribution in [3.63, 3.8) is 0 Å². The molecular weight excluding hydrogens is 188 g/mol. The Balaban J connectivity index is 4.47. The Morgan fingerprint density at radius 1 is 1.07 bits per heavy atom. The quantitative estimate of drug-likeness (QED) is 0.355. The lowest BCUT2D eigenvalue weighted by atomic mass is 9.98. The van der Waals surface area contributed by atoms with Crippen LogP contribution in [0.25, 0.3) is 0 Å². The highest BCUT2D eigenvalue weighted by Crippen LogP contribution is 2.05. The highest BCUT2D eigenvalue weighted by Gasteiger charge is 2.30. The maximum atomic E-state index is 11.4. The van der Waals surface area contributed by atoms with E-state index < -0.39 is 29.6 Å². The topological polar surface area (TPSA) is 69.7 Å². The molecule has 0 aromatic rings. The second kappa shape index (κ2) is 5.49. The number of ketones is 2. The number of carbonyl (C=O) groups excluding carboxylic acids is 3. The summed E-state index contributed by atoms with van der Waals surface area (Å²) >= 11 is 0.